The van der Waals surface area contributed by atoms with Gasteiger partial charge in [-0.1, -0.05) is 11.2 Å². The van der Waals surface area contributed by atoms with Crippen molar-refractivity contribution in [2.24, 2.45) is 5.16 Å². The van der Waals surface area contributed by atoms with Gasteiger partial charge in [-0.3, -0.25) is 4.98 Å². The second-order valence-corrected chi connectivity index (χ2v) is 5.46. The Morgan fingerprint density at radius 2 is 2.04 bits per heavy atom. The minimum absolute atomic E-state index is 0.193. The van der Waals surface area contributed by atoms with E-state index in [1.165, 1.54) is 6.07 Å². The minimum atomic E-state index is -0.304. The molecule has 0 saturated carbocycles. The van der Waals surface area contributed by atoms with Crippen LogP contribution in [0.4, 0.5) is 4.39 Å². The van der Waals surface area contributed by atoms with E-state index < -0.39 is 0 Å². The molecule has 0 fully saturated rings. The molecule has 0 aliphatic rings. The summed E-state index contributed by atoms with van der Waals surface area (Å²) in [5.74, 6) is 1.00. The Morgan fingerprint density at radius 1 is 1.15 bits per heavy atom. The molecule has 2 aromatic carbocycles. The molecule has 1 aromatic heterocycles. The van der Waals surface area contributed by atoms with Gasteiger partial charge in [0.1, 0.15) is 12.4 Å². The van der Waals surface area contributed by atoms with E-state index in [1.807, 2.05) is 25.1 Å². The maximum Gasteiger partial charge on any atom is 0.161 e. The average Bonchev–Trinajstić information content (AvgIpc) is 2.68. The van der Waals surface area contributed by atoms with Crippen molar-refractivity contribution >= 4 is 17.1 Å². The third-order valence-electron chi connectivity index (χ3n) is 3.78. The average molecular weight is 354 g/mol. The molecule has 0 aliphatic heterocycles. The molecule has 3 rings (SSSR count). The first-order chi connectivity index (χ1) is 12.7. The first kappa shape index (κ1) is 17.7. The molecule has 5 nitrogen and oxygen atoms in total. The summed E-state index contributed by atoms with van der Waals surface area (Å²) in [5, 5.41) is 4.44. The maximum absolute atomic E-state index is 13.8. The Balaban J connectivity index is 1.69. The van der Waals surface area contributed by atoms with Crippen LogP contribution in [0, 0.1) is 5.82 Å². The zero-order chi connectivity index (χ0) is 18.4. The summed E-state index contributed by atoms with van der Waals surface area (Å²) in [6.45, 7) is 2.67. The van der Waals surface area contributed by atoms with E-state index in [9.17, 15) is 4.39 Å². The number of aromatic nitrogens is 1. The lowest BCUT2D eigenvalue weighted by Crippen LogP contribution is -1.96. The van der Waals surface area contributed by atoms with Gasteiger partial charge in [-0.15, -0.1) is 0 Å². The molecular weight excluding hydrogens is 335 g/mol. The topological polar surface area (TPSA) is 52.9 Å². The predicted octanol–water partition coefficient (Wildman–Crippen LogP) is 4.33. The van der Waals surface area contributed by atoms with Crippen LogP contribution in [0.5, 0.6) is 11.5 Å². The quantitative estimate of drug-likeness (QED) is 0.468. The van der Waals surface area contributed by atoms with E-state index in [1.54, 1.807) is 37.7 Å². The Hall–Kier alpha value is -3.15. The van der Waals surface area contributed by atoms with Crippen molar-refractivity contribution in [2.75, 3.05) is 13.7 Å². The molecule has 3 aromatic rings. The van der Waals surface area contributed by atoms with Crippen LogP contribution in [0.15, 0.2) is 53.8 Å². The fourth-order valence-electron chi connectivity index (χ4n) is 2.56. The van der Waals surface area contributed by atoms with Gasteiger partial charge < -0.3 is 14.3 Å². The van der Waals surface area contributed by atoms with Crippen molar-refractivity contribution in [3.8, 4) is 11.5 Å². The number of hydrogen-bond acceptors (Lipinski definition) is 5. The zero-order valence-electron chi connectivity index (χ0n) is 14.6. The molecule has 0 unspecified atom stereocenters. The van der Waals surface area contributed by atoms with E-state index in [4.69, 9.17) is 14.3 Å². The number of pyridine rings is 1. The minimum Gasteiger partial charge on any atom is -0.493 e. The molecule has 0 radical (unpaired) electrons. The van der Waals surface area contributed by atoms with Gasteiger partial charge in [0.25, 0.3) is 0 Å². The molecular formula is C20H19FN2O3. The molecule has 0 spiro atoms. The largest absolute Gasteiger partial charge is 0.493 e. The standard InChI is InChI=1S/C20H19FN2O3/c1-3-25-18-9-6-14(11-19(18)24-2)12-23-26-13-15-7-8-17(21)16-5-4-10-22-20(15)16/h4-12H,3,13H2,1-2H3/b23-12+. The first-order valence-electron chi connectivity index (χ1n) is 8.21. The smallest absolute Gasteiger partial charge is 0.161 e. The summed E-state index contributed by atoms with van der Waals surface area (Å²) in [5.41, 5.74) is 2.15. The lowest BCUT2D eigenvalue weighted by atomic mass is 10.1. The SMILES string of the molecule is CCOc1ccc(/C=N/OCc2ccc(F)c3cccnc23)cc1OC. The molecule has 1 heterocycles. The van der Waals surface area contributed by atoms with Crippen molar-refractivity contribution in [1.82, 2.24) is 4.98 Å². The molecule has 134 valence electrons. The summed E-state index contributed by atoms with van der Waals surface area (Å²) in [7, 11) is 1.59. The van der Waals surface area contributed by atoms with E-state index in [2.05, 4.69) is 10.1 Å². The van der Waals surface area contributed by atoms with Gasteiger partial charge >= 0.3 is 0 Å². The fraction of sp³-hybridized carbons (Fsp3) is 0.200. The maximum atomic E-state index is 13.8. The van der Waals surface area contributed by atoms with Crippen molar-refractivity contribution in [3.63, 3.8) is 0 Å². The number of oxime groups is 1. The van der Waals surface area contributed by atoms with Gasteiger partial charge in [0.2, 0.25) is 0 Å². The lowest BCUT2D eigenvalue weighted by molar-refractivity contribution is 0.133. The molecule has 26 heavy (non-hydrogen) atoms. The fourth-order valence-corrected chi connectivity index (χ4v) is 2.56. The highest BCUT2D eigenvalue weighted by Gasteiger charge is 2.07. The van der Waals surface area contributed by atoms with Gasteiger partial charge in [-0.25, -0.2) is 4.39 Å². The predicted molar refractivity (Wildman–Crippen MR) is 98.2 cm³/mol. The van der Waals surface area contributed by atoms with E-state index in [0.29, 0.717) is 29.0 Å². The van der Waals surface area contributed by atoms with E-state index in [-0.39, 0.29) is 12.4 Å². The number of rotatable bonds is 7. The monoisotopic (exact) mass is 354 g/mol. The summed E-state index contributed by atoms with van der Waals surface area (Å²) in [4.78, 5) is 9.58. The van der Waals surface area contributed by atoms with Crippen LogP contribution < -0.4 is 9.47 Å². The van der Waals surface area contributed by atoms with Crippen LogP contribution in [-0.4, -0.2) is 24.9 Å². The molecule has 6 heteroatoms. The molecule has 0 amide bonds. The third-order valence-corrected chi connectivity index (χ3v) is 3.78. The number of benzene rings is 2. The second-order valence-electron chi connectivity index (χ2n) is 5.46. The number of methoxy groups -OCH3 is 1. The summed E-state index contributed by atoms with van der Waals surface area (Å²) < 4.78 is 24.6. The molecule has 0 saturated heterocycles. The van der Waals surface area contributed by atoms with Gasteiger partial charge in [-0.2, -0.15) is 0 Å². The highest BCUT2D eigenvalue weighted by atomic mass is 19.1. The molecule has 0 atom stereocenters. The second kappa shape index (κ2) is 8.29. The Morgan fingerprint density at radius 3 is 2.85 bits per heavy atom. The number of hydrogen-bond donors (Lipinski definition) is 0. The van der Waals surface area contributed by atoms with Crippen molar-refractivity contribution in [1.29, 1.82) is 0 Å². The van der Waals surface area contributed by atoms with Gasteiger partial charge in [0.05, 0.1) is 25.4 Å². The van der Waals surface area contributed by atoms with Crippen LogP contribution in [0.1, 0.15) is 18.1 Å². The first-order valence-corrected chi connectivity index (χ1v) is 8.21. The van der Waals surface area contributed by atoms with Crippen LogP contribution in [-0.2, 0) is 11.4 Å². The summed E-state index contributed by atoms with van der Waals surface area (Å²) in [6, 6.07) is 11.9. The number of fused-ring (bicyclic) bond motifs is 1. The van der Waals surface area contributed by atoms with Gasteiger partial charge in [-0.05, 0) is 43.3 Å². The van der Waals surface area contributed by atoms with Crippen LogP contribution >= 0.6 is 0 Å². The molecule has 0 N–H and O–H groups in total. The molecule has 0 aliphatic carbocycles. The van der Waals surface area contributed by atoms with Crippen molar-refractivity contribution in [3.05, 3.63) is 65.6 Å². The Labute approximate surface area is 151 Å². The van der Waals surface area contributed by atoms with Crippen LogP contribution in [0.2, 0.25) is 0 Å². The van der Waals surface area contributed by atoms with E-state index >= 15 is 0 Å². The van der Waals surface area contributed by atoms with E-state index in [0.717, 1.165) is 11.1 Å². The third kappa shape index (κ3) is 3.91. The normalized spacial score (nSPS) is 11.0. The highest BCUT2D eigenvalue weighted by molar-refractivity contribution is 5.82. The Kier molecular flexibility index (Phi) is 5.63. The molecule has 0 bridgehead atoms. The summed E-state index contributed by atoms with van der Waals surface area (Å²) >= 11 is 0. The van der Waals surface area contributed by atoms with Crippen molar-refractivity contribution < 1.29 is 18.7 Å². The summed E-state index contributed by atoms with van der Waals surface area (Å²) in [6.07, 6.45) is 3.21. The lowest BCUT2D eigenvalue weighted by Gasteiger charge is -2.09. The highest BCUT2D eigenvalue weighted by Crippen LogP contribution is 2.27. The van der Waals surface area contributed by atoms with Crippen LogP contribution in [0.25, 0.3) is 10.9 Å². The van der Waals surface area contributed by atoms with Crippen LogP contribution in [0.3, 0.4) is 0 Å². The Bertz CT molecular complexity index is 928. The number of halogens is 1. The van der Waals surface area contributed by atoms with Gasteiger partial charge in [0.15, 0.2) is 11.5 Å². The zero-order valence-corrected chi connectivity index (χ0v) is 14.6. The van der Waals surface area contributed by atoms with Gasteiger partial charge in [0, 0.05) is 22.7 Å². The number of nitrogens with zero attached hydrogens (tertiary/aromatic N) is 2. The van der Waals surface area contributed by atoms with Crippen molar-refractivity contribution in [2.45, 2.75) is 13.5 Å². The number of ether oxygens (including phenoxy) is 2.